The number of aliphatic hydroxyl groups is 1. The molecule has 20 heavy (non-hydrogen) atoms. The van der Waals surface area contributed by atoms with Gasteiger partial charge >= 0.3 is 0 Å². The fourth-order valence-electron chi connectivity index (χ4n) is 3.14. The molecule has 0 radical (unpaired) electrons. The van der Waals surface area contributed by atoms with E-state index in [2.05, 4.69) is 19.2 Å². The molecule has 0 heterocycles. The number of amides is 1. The van der Waals surface area contributed by atoms with Gasteiger partial charge in [-0.3, -0.25) is 4.79 Å². The molecule has 3 heteroatoms. The molecular formula is C17H25NO2. The summed E-state index contributed by atoms with van der Waals surface area (Å²) in [6.45, 7) is 4.26. The molecule has 1 aliphatic carbocycles. The fourth-order valence-corrected chi connectivity index (χ4v) is 3.14. The van der Waals surface area contributed by atoms with Gasteiger partial charge in [0.2, 0.25) is 5.91 Å². The summed E-state index contributed by atoms with van der Waals surface area (Å²) in [4.78, 5) is 12.6. The number of hydrogen-bond acceptors (Lipinski definition) is 2. The first kappa shape index (κ1) is 15.0. The summed E-state index contributed by atoms with van der Waals surface area (Å²) in [5.74, 6) is 0.630. The van der Waals surface area contributed by atoms with Gasteiger partial charge in [0.1, 0.15) is 0 Å². The van der Waals surface area contributed by atoms with E-state index in [1.54, 1.807) is 0 Å². The number of aliphatic hydroxyl groups excluding tert-OH is 1. The molecule has 0 spiro atoms. The van der Waals surface area contributed by atoms with Crippen molar-refractivity contribution in [3.05, 3.63) is 35.9 Å². The summed E-state index contributed by atoms with van der Waals surface area (Å²) >= 11 is 0. The highest BCUT2D eigenvalue weighted by Gasteiger charge is 2.44. The van der Waals surface area contributed by atoms with Crippen LogP contribution in [0, 0.1) is 11.3 Å². The monoisotopic (exact) mass is 275 g/mol. The van der Waals surface area contributed by atoms with Gasteiger partial charge in [-0.2, -0.15) is 0 Å². The molecular weight excluding hydrogens is 250 g/mol. The largest absolute Gasteiger partial charge is 0.394 e. The van der Waals surface area contributed by atoms with E-state index in [1.165, 1.54) is 0 Å². The summed E-state index contributed by atoms with van der Waals surface area (Å²) in [5.41, 5.74) is 0.762. The highest BCUT2D eigenvalue weighted by molar-refractivity contribution is 5.84. The lowest BCUT2D eigenvalue weighted by atomic mass is 9.64. The minimum absolute atomic E-state index is 0.0620. The van der Waals surface area contributed by atoms with Crippen molar-refractivity contribution in [2.45, 2.75) is 45.6 Å². The molecule has 1 fully saturated rings. The molecule has 2 N–H and O–H groups in total. The van der Waals surface area contributed by atoms with Gasteiger partial charge in [0.15, 0.2) is 0 Å². The molecule has 3 nitrogen and oxygen atoms in total. The number of carbonyl (C=O) groups is 1. The Balaban J connectivity index is 2.05. The predicted octanol–water partition coefficient (Wildman–Crippen LogP) is 3.05. The van der Waals surface area contributed by atoms with Gasteiger partial charge in [-0.05, 0) is 30.7 Å². The molecule has 0 saturated heterocycles. The first-order valence-corrected chi connectivity index (χ1v) is 7.54. The average Bonchev–Trinajstić information content (AvgIpc) is 2.40. The van der Waals surface area contributed by atoms with E-state index in [9.17, 15) is 9.90 Å². The summed E-state index contributed by atoms with van der Waals surface area (Å²) in [6, 6.07) is 9.38. The molecule has 2 rings (SSSR count). The van der Waals surface area contributed by atoms with E-state index >= 15 is 0 Å². The van der Waals surface area contributed by atoms with Gasteiger partial charge in [-0.25, -0.2) is 0 Å². The van der Waals surface area contributed by atoms with Crippen LogP contribution in [0.15, 0.2) is 30.3 Å². The topological polar surface area (TPSA) is 49.3 Å². The van der Waals surface area contributed by atoms with Crippen molar-refractivity contribution in [1.29, 1.82) is 0 Å². The molecule has 0 bridgehead atoms. The molecule has 1 atom stereocenters. The average molecular weight is 275 g/mol. The van der Waals surface area contributed by atoms with Crippen LogP contribution in [0.1, 0.15) is 51.1 Å². The third-order valence-electron chi connectivity index (χ3n) is 4.28. The van der Waals surface area contributed by atoms with Crippen molar-refractivity contribution in [1.82, 2.24) is 5.32 Å². The van der Waals surface area contributed by atoms with Crippen LogP contribution in [0.3, 0.4) is 0 Å². The first-order chi connectivity index (χ1) is 9.57. The Labute approximate surface area is 121 Å². The minimum Gasteiger partial charge on any atom is -0.394 e. The van der Waals surface area contributed by atoms with E-state index in [0.717, 1.165) is 31.2 Å². The summed E-state index contributed by atoms with van der Waals surface area (Å²) < 4.78 is 0. The Hall–Kier alpha value is -1.35. The molecule has 1 saturated carbocycles. The Kier molecular flexibility index (Phi) is 4.81. The lowest BCUT2D eigenvalue weighted by Crippen LogP contribution is -2.48. The SMILES string of the molecule is CC(C)CC1(C(=O)N[C@H](CO)c2ccccc2)CCC1. The highest BCUT2D eigenvalue weighted by Crippen LogP contribution is 2.46. The zero-order valence-electron chi connectivity index (χ0n) is 12.4. The van der Waals surface area contributed by atoms with Crippen LogP contribution in [-0.4, -0.2) is 17.6 Å². The third-order valence-corrected chi connectivity index (χ3v) is 4.28. The second-order valence-electron chi connectivity index (χ2n) is 6.35. The fraction of sp³-hybridized carbons (Fsp3) is 0.588. The van der Waals surface area contributed by atoms with Crippen molar-refractivity contribution in [2.24, 2.45) is 11.3 Å². The highest BCUT2D eigenvalue weighted by atomic mass is 16.3. The number of benzene rings is 1. The van der Waals surface area contributed by atoms with E-state index in [-0.39, 0.29) is 24.0 Å². The van der Waals surface area contributed by atoms with Gasteiger partial charge in [0.05, 0.1) is 12.6 Å². The Morgan fingerprint density at radius 1 is 1.30 bits per heavy atom. The van der Waals surface area contributed by atoms with E-state index in [1.807, 2.05) is 30.3 Å². The molecule has 0 aliphatic heterocycles. The van der Waals surface area contributed by atoms with Crippen molar-refractivity contribution in [2.75, 3.05) is 6.61 Å². The van der Waals surface area contributed by atoms with Crippen LogP contribution in [-0.2, 0) is 4.79 Å². The second-order valence-corrected chi connectivity index (χ2v) is 6.35. The molecule has 1 aromatic carbocycles. The van der Waals surface area contributed by atoms with Crippen molar-refractivity contribution >= 4 is 5.91 Å². The molecule has 1 amide bonds. The van der Waals surface area contributed by atoms with Gasteiger partial charge in [0, 0.05) is 5.41 Å². The zero-order chi connectivity index (χ0) is 14.6. The molecule has 1 aliphatic rings. The number of rotatable bonds is 6. The maximum Gasteiger partial charge on any atom is 0.226 e. The zero-order valence-corrected chi connectivity index (χ0v) is 12.4. The maximum atomic E-state index is 12.6. The minimum atomic E-state index is -0.298. The van der Waals surface area contributed by atoms with Crippen LogP contribution in [0.5, 0.6) is 0 Å². The Morgan fingerprint density at radius 2 is 1.95 bits per heavy atom. The summed E-state index contributed by atoms with van der Waals surface area (Å²) in [6.07, 6.45) is 4.02. The van der Waals surface area contributed by atoms with Crippen molar-refractivity contribution in [3.63, 3.8) is 0 Å². The first-order valence-electron chi connectivity index (χ1n) is 7.54. The summed E-state index contributed by atoms with van der Waals surface area (Å²) in [5, 5.41) is 12.6. The van der Waals surface area contributed by atoms with Crippen LogP contribution < -0.4 is 5.32 Å². The van der Waals surface area contributed by atoms with Gasteiger partial charge in [-0.1, -0.05) is 50.6 Å². The Morgan fingerprint density at radius 3 is 2.40 bits per heavy atom. The van der Waals surface area contributed by atoms with Gasteiger partial charge in [0.25, 0.3) is 0 Å². The number of nitrogens with one attached hydrogen (secondary N) is 1. The van der Waals surface area contributed by atoms with E-state index < -0.39 is 0 Å². The summed E-state index contributed by atoms with van der Waals surface area (Å²) in [7, 11) is 0. The van der Waals surface area contributed by atoms with Gasteiger partial charge in [-0.15, -0.1) is 0 Å². The third kappa shape index (κ3) is 3.21. The second kappa shape index (κ2) is 6.40. The molecule has 1 aromatic rings. The quantitative estimate of drug-likeness (QED) is 0.838. The van der Waals surface area contributed by atoms with E-state index in [0.29, 0.717) is 5.92 Å². The van der Waals surface area contributed by atoms with Gasteiger partial charge < -0.3 is 10.4 Å². The Bertz CT molecular complexity index is 438. The standard InChI is InChI=1S/C17H25NO2/c1-13(2)11-17(9-6-10-17)16(20)18-15(12-19)14-7-4-3-5-8-14/h3-5,7-8,13,15,19H,6,9-12H2,1-2H3,(H,18,20)/t15-/m1/s1. The van der Waals surface area contributed by atoms with Crippen LogP contribution in [0.4, 0.5) is 0 Å². The smallest absolute Gasteiger partial charge is 0.226 e. The van der Waals surface area contributed by atoms with Crippen molar-refractivity contribution in [3.8, 4) is 0 Å². The lowest BCUT2D eigenvalue weighted by molar-refractivity contribution is -0.138. The molecule has 0 unspecified atom stereocenters. The number of carbonyl (C=O) groups excluding carboxylic acids is 1. The van der Waals surface area contributed by atoms with Crippen LogP contribution in [0.25, 0.3) is 0 Å². The van der Waals surface area contributed by atoms with Crippen molar-refractivity contribution < 1.29 is 9.90 Å². The van der Waals surface area contributed by atoms with Crippen LogP contribution >= 0.6 is 0 Å². The number of hydrogen-bond donors (Lipinski definition) is 2. The molecule has 0 aromatic heterocycles. The van der Waals surface area contributed by atoms with E-state index in [4.69, 9.17) is 0 Å². The maximum absolute atomic E-state index is 12.6. The predicted molar refractivity (Wildman–Crippen MR) is 80.2 cm³/mol. The normalized spacial score (nSPS) is 18.4. The molecule has 110 valence electrons. The van der Waals surface area contributed by atoms with Crippen LogP contribution in [0.2, 0.25) is 0 Å². The lowest BCUT2D eigenvalue weighted by Gasteiger charge is -2.42.